The van der Waals surface area contributed by atoms with E-state index in [2.05, 4.69) is 11.1 Å². The van der Waals surface area contributed by atoms with E-state index >= 15 is 0 Å². The van der Waals surface area contributed by atoms with Gasteiger partial charge in [0.25, 0.3) is 0 Å². The van der Waals surface area contributed by atoms with Gasteiger partial charge in [-0.1, -0.05) is 23.7 Å². The largest absolute Gasteiger partial charge is 0.492 e. The molecule has 3 heteroatoms. The minimum absolute atomic E-state index is 0.615. The zero-order chi connectivity index (χ0) is 13.2. The van der Waals surface area contributed by atoms with E-state index in [1.54, 1.807) is 0 Å². The molecule has 3 rings (SSSR count). The fraction of sp³-hybridized carbons (Fsp3) is 0.312. The van der Waals surface area contributed by atoms with Crippen molar-refractivity contribution in [1.29, 1.82) is 0 Å². The molecule has 1 aliphatic rings. The Morgan fingerprint density at radius 1 is 1.32 bits per heavy atom. The van der Waals surface area contributed by atoms with Crippen LogP contribution in [0.3, 0.4) is 0 Å². The first kappa shape index (κ1) is 12.5. The predicted molar refractivity (Wildman–Crippen MR) is 77.8 cm³/mol. The Kier molecular flexibility index (Phi) is 3.43. The van der Waals surface area contributed by atoms with Crippen LogP contribution in [0.4, 0.5) is 0 Å². The van der Waals surface area contributed by atoms with Gasteiger partial charge in [-0.2, -0.15) is 0 Å². The molecule has 0 atom stereocenters. The minimum atomic E-state index is 0.615. The molecule has 0 amide bonds. The van der Waals surface area contributed by atoms with Crippen LogP contribution in [0.25, 0.3) is 11.1 Å². The highest BCUT2D eigenvalue weighted by Crippen LogP contribution is 2.42. The van der Waals surface area contributed by atoms with Gasteiger partial charge in [-0.05, 0) is 43.4 Å². The highest BCUT2D eigenvalue weighted by Gasteiger charge is 2.24. The Balaban J connectivity index is 2.01. The summed E-state index contributed by atoms with van der Waals surface area (Å²) in [4.78, 5) is 4.34. The molecule has 1 heterocycles. The number of hydrogen-bond acceptors (Lipinski definition) is 2. The van der Waals surface area contributed by atoms with Crippen molar-refractivity contribution >= 4 is 11.6 Å². The highest BCUT2D eigenvalue weighted by molar-refractivity contribution is 6.34. The lowest BCUT2D eigenvalue weighted by Crippen LogP contribution is -1.93. The molecule has 0 aliphatic heterocycles. The average molecular weight is 274 g/mol. The molecule has 0 unspecified atom stereocenters. The topological polar surface area (TPSA) is 22.1 Å². The second-order valence-electron chi connectivity index (χ2n) is 4.83. The van der Waals surface area contributed by atoms with Gasteiger partial charge in [0.1, 0.15) is 5.75 Å². The molecule has 0 spiro atoms. The van der Waals surface area contributed by atoms with E-state index in [1.807, 2.05) is 37.5 Å². The highest BCUT2D eigenvalue weighted by atomic mass is 35.5. The molecular weight excluding hydrogens is 258 g/mol. The first-order valence-electron chi connectivity index (χ1n) is 6.66. The number of aromatic nitrogens is 1. The number of hydrogen-bond donors (Lipinski definition) is 0. The molecule has 2 aromatic rings. The van der Waals surface area contributed by atoms with Crippen LogP contribution in [0.5, 0.6) is 5.75 Å². The SMILES string of the molecule is CCOc1cccc(-c2cncc(C3CC3)c2)c1Cl. The van der Waals surface area contributed by atoms with Crippen LogP contribution in [-0.2, 0) is 0 Å². The van der Waals surface area contributed by atoms with Crippen molar-refractivity contribution in [2.45, 2.75) is 25.7 Å². The summed E-state index contributed by atoms with van der Waals surface area (Å²) in [7, 11) is 0. The third kappa shape index (κ3) is 2.59. The van der Waals surface area contributed by atoms with Gasteiger partial charge in [-0.25, -0.2) is 0 Å². The van der Waals surface area contributed by atoms with Gasteiger partial charge in [-0.3, -0.25) is 4.98 Å². The maximum atomic E-state index is 6.42. The molecule has 98 valence electrons. The van der Waals surface area contributed by atoms with Crippen molar-refractivity contribution in [1.82, 2.24) is 4.98 Å². The summed E-state index contributed by atoms with van der Waals surface area (Å²) in [6.07, 6.45) is 6.37. The Morgan fingerprint density at radius 2 is 2.16 bits per heavy atom. The van der Waals surface area contributed by atoms with Gasteiger partial charge in [-0.15, -0.1) is 0 Å². The molecule has 1 aromatic carbocycles. The van der Waals surface area contributed by atoms with Crippen LogP contribution in [0.15, 0.2) is 36.7 Å². The minimum Gasteiger partial charge on any atom is -0.492 e. The van der Waals surface area contributed by atoms with Crippen molar-refractivity contribution in [3.63, 3.8) is 0 Å². The Bertz CT molecular complexity index is 593. The third-order valence-corrected chi connectivity index (χ3v) is 3.77. The molecular formula is C16H16ClNO. The Morgan fingerprint density at radius 3 is 2.89 bits per heavy atom. The first-order valence-corrected chi connectivity index (χ1v) is 7.04. The van der Waals surface area contributed by atoms with E-state index in [0.717, 1.165) is 16.9 Å². The van der Waals surface area contributed by atoms with E-state index in [-0.39, 0.29) is 0 Å². The van der Waals surface area contributed by atoms with Gasteiger partial charge < -0.3 is 4.74 Å². The molecule has 1 aromatic heterocycles. The maximum Gasteiger partial charge on any atom is 0.138 e. The zero-order valence-electron chi connectivity index (χ0n) is 10.9. The summed E-state index contributed by atoms with van der Waals surface area (Å²) in [5.74, 6) is 1.43. The molecule has 1 aliphatic carbocycles. The van der Waals surface area contributed by atoms with E-state index in [1.165, 1.54) is 18.4 Å². The quantitative estimate of drug-likeness (QED) is 0.807. The van der Waals surface area contributed by atoms with E-state index in [4.69, 9.17) is 16.3 Å². The van der Waals surface area contributed by atoms with Gasteiger partial charge in [0.2, 0.25) is 0 Å². The zero-order valence-corrected chi connectivity index (χ0v) is 11.7. The van der Waals surface area contributed by atoms with Crippen molar-refractivity contribution in [2.75, 3.05) is 6.61 Å². The summed E-state index contributed by atoms with van der Waals surface area (Å²) >= 11 is 6.42. The maximum absolute atomic E-state index is 6.42. The van der Waals surface area contributed by atoms with Crippen molar-refractivity contribution in [3.8, 4) is 16.9 Å². The number of rotatable bonds is 4. The molecule has 2 nitrogen and oxygen atoms in total. The summed E-state index contributed by atoms with van der Waals surface area (Å²) in [6.45, 7) is 2.57. The second-order valence-corrected chi connectivity index (χ2v) is 5.21. The van der Waals surface area contributed by atoms with Gasteiger partial charge in [0.15, 0.2) is 0 Å². The summed E-state index contributed by atoms with van der Waals surface area (Å²) < 4.78 is 5.54. The van der Waals surface area contributed by atoms with Crippen LogP contribution in [0.1, 0.15) is 31.2 Å². The normalized spacial score (nSPS) is 14.4. The number of ether oxygens (including phenoxy) is 1. The lowest BCUT2D eigenvalue weighted by molar-refractivity contribution is 0.340. The average Bonchev–Trinajstić information content (AvgIpc) is 3.26. The summed E-state index contributed by atoms with van der Waals surface area (Å²) in [6, 6.07) is 8.07. The van der Waals surface area contributed by atoms with Gasteiger partial charge >= 0.3 is 0 Å². The fourth-order valence-electron chi connectivity index (χ4n) is 2.25. The van der Waals surface area contributed by atoms with Crippen molar-refractivity contribution < 1.29 is 4.74 Å². The van der Waals surface area contributed by atoms with Crippen molar-refractivity contribution in [3.05, 3.63) is 47.2 Å². The Labute approximate surface area is 118 Å². The first-order chi connectivity index (χ1) is 9.29. The van der Waals surface area contributed by atoms with Crippen LogP contribution in [0.2, 0.25) is 5.02 Å². The van der Waals surface area contributed by atoms with Crippen LogP contribution < -0.4 is 4.74 Å². The number of pyridine rings is 1. The molecule has 0 bridgehead atoms. The predicted octanol–water partition coefficient (Wildman–Crippen LogP) is 4.68. The van der Waals surface area contributed by atoms with E-state index in [9.17, 15) is 0 Å². The Hall–Kier alpha value is -1.54. The molecule has 19 heavy (non-hydrogen) atoms. The molecule has 0 N–H and O–H groups in total. The summed E-state index contributed by atoms with van der Waals surface area (Å²) in [5.41, 5.74) is 3.37. The van der Waals surface area contributed by atoms with Crippen LogP contribution in [0, 0.1) is 0 Å². The van der Waals surface area contributed by atoms with E-state index < -0.39 is 0 Å². The number of halogens is 1. The lowest BCUT2D eigenvalue weighted by Gasteiger charge is -2.10. The molecule has 0 radical (unpaired) electrons. The molecule has 0 saturated heterocycles. The molecule has 1 fully saturated rings. The van der Waals surface area contributed by atoms with Crippen LogP contribution in [-0.4, -0.2) is 11.6 Å². The monoisotopic (exact) mass is 273 g/mol. The van der Waals surface area contributed by atoms with Crippen molar-refractivity contribution in [2.24, 2.45) is 0 Å². The summed E-state index contributed by atoms with van der Waals surface area (Å²) in [5, 5.41) is 0.666. The van der Waals surface area contributed by atoms with E-state index in [0.29, 0.717) is 17.5 Å². The fourth-order valence-corrected chi connectivity index (χ4v) is 2.54. The van der Waals surface area contributed by atoms with Gasteiger partial charge in [0.05, 0.1) is 11.6 Å². The van der Waals surface area contributed by atoms with Crippen LogP contribution >= 0.6 is 11.6 Å². The van der Waals surface area contributed by atoms with Gasteiger partial charge in [0, 0.05) is 23.5 Å². The second kappa shape index (κ2) is 5.22. The number of benzene rings is 1. The number of nitrogens with zero attached hydrogens (tertiary/aromatic N) is 1. The standard InChI is InChI=1S/C16H16ClNO/c1-2-19-15-5-3-4-14(16(15)17)13-8-12(9-18-10-13)11-6-7-11/h3-5,8-11H,2,6-7H2,1H3. The molecule has 1 saturated carbocycles. The lowest BCUT2D eigenvalue weighted by atomic mass is 10.0. The third-order valence-electron chi connectivity index (χ3n) is 3.38. The smallest absolute Gasteiger partial charge is 0.138 e.